The first-order valence-corrected chi connectivity index (χ1v) is 5.42. The number of anilines is 1. The SMILES string of the molecule is Cc1nc(C)c(N2CCC2CN)nc1C. The first-order chi connectivity index (χ1) is 7.13. The summed E-state index contributed by atoms with van der Waals surface area (Å²) in [6, 6.07) is 0.458. The van der Waals surface area contributed by atoms with E-state index in [-0.39, 0.29) is 0 Å². The van der Waals surface area contributed by atoms with Crippen molar-refractivity contribution in [3.63, 3.8) is 0 Å². The molecule has 1 aromatic heterocycles. The smallest absolute Gasteiger partial charge is 0.150 e. The molecule has 0 aliphatic carbocycles. The third-order valence-electron chi connectivity index (χ3n) is 3.14. The summed E-state index contributed by atoms with van der Waals surface area (Å²) >= 11 is 0. The molecule has 0 spiro atoms. The quantitative estimate of drug-likeness (QED) is 0.782. The molecule has 1 aliphatic rings. The van der Waals surface area contributed by atoms with Crippen molar-refractivity contribution < 1.29 is 0 Å². The second kappa shape index (κ2) is 3.77. The maximum atomic E-state index is 5.69. The fourth-order valence-corrected chi connectivity index (χ4v) is 1.94. The number of aryl methyl sites for hydroxylation is 3. The van der Waals surface area contributed by atoms with Crippen LogP contribution >= 0.6 is 0 Å². The van der Waals surface area contributed by atoms with E-state index < -0.39 is 0 Å². The van der Waals surface area contributed by atoms with E-state index in [4.69, 9.17) is 5.73 Å². The highest BCUT2D eigenvalue weighted by molar-refractivity contribution is 5.48. The van der Waals surface area contributed by atoms with Gasteiger partial charge in [0.15, 0.2) is 5.82 Å². The molecule has 1 saturated heterocycles. The predicted octanol–water partition coefficient (Wildman–Crippen LogP) is 0.939. The molecule has 1 aromatic rings. The van der Waals surface area contributed by atoms with Gasteiger partial charge in [-0.05, 0) is 27.2 Å². The third kappa shape index (κ3) is 1.69. The van der Waals surface area contributed by atoms with Crippen LogP contribution in [0.25, 0.3) is 0 Å². The standard InChI is InChI=1S/C11H18N4/c1-7-8(2)14-11(9(3)13-7)15-5-4-10(15)6-12/h10H,4-6,12H2,1-3H3. The minimum atomic E-state index is 0.458. The molecule has 0 bridgehead atoms. The molecular formula is C11H18N4. The predicted molar refractivity (Wildman–Crippen MR) is 61.0 cm³/mol. The Morgan fingerprint density at radius 2 is 1.87 bits per heavy atom. The van der Waals surface area contributed by atoms with Gasteiger partial charge in [0.25, 0.3) is 0 Å². The zero-order valence-corrected chi connectivity index (χ0v) is 9.62. The van der Waals surface area contributed by atoms with Crippen molar-refractivity contribution >= 4 is 5.82 Å². The van der Waals surface area contributed by atoms with Crippen molar-refractivity contribution in [3.05, 3.63) is 17.1 Å². The van der Waals surface area contributed by atoms with Crippen molar-refractivity contribution in [3.8, 4) is 0 Å². The van der Waals surface area contributed by atoms with E-state index in [1.807, 2.05) is 20.8 Å². The van der Waals surface area contributed by atoms with Crippen LogP contribution in [0, 0.1) is 20.8 Å². The van der Waals surface area contributed by atoms with Gasteiger partial charge in [-0.3, -0.25) is 4.98 Å². The van der Waals surface area contributed by atoms with Crippen LogP contribution < -0.4 is 10.6 Å². The molecule has 15 heavy (non-hydrogen) atoms. The zero-order valence-electron chi connectivity index (χ0n) is 9.62. The molecule has 1 unspecified atom stereocenters. The molecule has 1 fully saturated rings. The fourth-order valence-electron chi connectivity index (χ4n) is 1.94. The van der Waals surface area contributed by atoms with Crippen LogP contribution in [0.3, 0.4) is 0 Å². The Hall–Kier alpha value is -1.16. The lowest BCUT2D eigenvalue weighted by Crippen LogP contribution is -2.52. The molecule has 1 aliphatic heterocycles. The summed E-state index contributed by atoms with van der Waals surface area (Å²) in [6.07, 6.45) is 1.17. The van der Waals surface area contributed by atoms with Gasteiger partial charge in [-0.25, -0.2) is 4.98 Å². The maximum absolute atomic E-state index is 5.69. The van der Waals surface area contributed by atoms with E-state index in [1.54, 1.807) is 0 Å². The van der Waals surface area contributed by atoms with Gasteiger partial charge < -0.3 is 10.6 Å². The van der Waals surface area contributed by atoms with E-state index in [9.17, 15) is 0 Å². The summed E-state index contributed by atoms with van der Waals surface area (Å²) in [5.41, 5.74) is 8.73. The lowest BCUT2D eigenvalue weighted by molar-refractivity contribution is 0.449. The number of aromatic nitrogens is 2. The summed E-state index contributed by atoms with van der Waals surface area (Å²) in [7, 11) is 0. The fraction of sp³-hybridized carbons (Fsp3) is 0.636. The molecule has 0 amide bonds. The number of hydrogen-bond acceptors (Lipinski definition) is 4. The highest BCUT2D eigenvalue weighted by atomic mass is 15.3. The van der Waals surface area contributed by atoms with Crippen molar-refractivity contribution in [1.82, 2.24) is 9.97 Å². The van der Waals surface area contributed by atoms with Crippen LogP contribution in [0.4, 0.5) is 5.82 Å². The van der Waals surface area contributed by atoms with Gasteiger partial charge in [-0.1, -0.05) is 0 Å². The number of hydrogen-bond donors (Lipinski definition) is 1. The van der Waals surface area contributed by atoms with Crippen LogP contribution in [-0.2, 0) is 0 Å². The van der Waals surface area contributed by atoms with Gasteiger partial charge in [0.1, 0.15) is 0 Å². The molecule has 1 atom stereocenters. The van der Waals surface area contributed by atoms with E-state index in [2.05, 4.69) is 14.9 Å². The van der Waals surface area contributed by atoms with E-state index >= 15 is 0 Å². The van der Waals surface area contributed by atoms with Crippen molar-refractivity contribution in [2.24, 2.45) is 5.73 Å². The Bertz CT molecular complexity index is 373. The molecule has 82 valence electrons. The summed E-state index contributed by atoms with van der Waals surface area (Å²) in [6.45, 7) is 7.77. The number of nitrogens with two attached hydrogens (primary N) is 1. The van der Waals surface area contributed by atoms with Crippen LogP contribution in [0.5, 0.6) is 0 Å². The van der Waals surface area contributed by atoms with Crippen LogP contribution in [0.1, 0.15) is 23.5 Å². The maximum Gasteiger partial charge on any atom is 0.150 e. The third-order valence-corrected chi connectivity index (χ3v) is 3.14. The second-order valence-electron chi connectivity index (χ2n) is 4.18. The summed E-state index contributed by atoms with van der Waals surface area (Å²) in [5.74, 6) is 1.01. The van der Waals surface area contributed by atoms with Gasteiger partial charge in [-0.2, -0.15) is 0 Å². The lowest BCUT2D eigenvalue weighted by atomic mass is 10.0. The van der Waals surface area contributed by atoms with E-state index in [0.29, 0.717) is 12.6 Å². The van der Waals surface area contributed by atoms with Crippen molar-refractivity contribution in [1.29, 1.82) is 0 Å². The summed E-state index contributed by atoms with van der Waals surface area (Å²) < 4.78 is 0. The topological polar surface area (TPSA) is 55.0 Å². The van der Waals surface area contributed by atoms with Crippen LogP contribution in [-0.4, -0.2) is 29.1 Å². The lowest BCUT2D eigenvalue weighted by Gasteiger charge is -2.41. The van der Waals surface area contributed by atoms with Gasteiger partial charge in [0.05, 0.1) is 17.1 Å². The van der Waals surface area contributed by atoms with E-state index in [1.165, 1.54) is 6.42 Å². The minimum absolute atomic E-state index is 0.458. The molecule has 4 nitrogen and oxygen atoms in total. The Balaban J connectivity index is 2.32. The number of rotatable bonds is 2. The second-order valence-corrected chi connectivity index (χ2v) is 4.18. The van der Waals surface area contributed by atoms with Crippen LogP contribution in [0.2, 0.25) is 0 Å². The molecule has 2 rings (SSSR count). The Labute approximate surface area is 90.5 Å². The van der Waals surface area contributed by atoms with Gasteiger partial charge in [0.2, 0.25) is 0 Å². The average Bonchev–Trinajstić information content (AvgIpc) is 2.13. The number of nitrogens with zero attached hydrogens (tertiary/aromatic N) is 3. The highest BCUT2D eigenvalue weighted by Gasteiger charge is 2.29. The zero-order chi connectivity index (χ0) is 11.0. The first kappa shape index (κ1) is 10.4. The monoisotopic (exact) mass is 206 g/mol. The molecule has 4 heteroatoms. The van der Waals surface area contributed by atoms with Gasteiger partial charge >= 0.3 is 0 Å². The molecule has 2 N–H and O–H groups in total. The summed E-state index contributed by atoms with van der Waals surface area (Å²) in [4.78, 5) is 11.4. The molecular weight excluding hydrogens is 188 g/mol. The van der Waals surface area contributed by atoms with Crippen LogP contribution in [0.15, 0.2) is 0 Å². The van der Waals surface area contributed by atoms with E-state index in [0.717, 1.165) is 29.4 Å². The summed E-state index contributed by atoms with van der Waals surface area (Å²) in [5, 5.41) is 0. The normalized spacial score (nSPS) is 20.3. The average molecular weight is 206 g/mol. The van der Waals surface area contributed by atoms with Gasteiger partial charge in [-0.15, -0.1) is 0 Å². The Morgan fingerprint density at radius 1 is 1.20 bits per heavy atom. The van der Waals surface area contributed by atoms with Crippen molar-refractivity contribution in [2.45, 2.75) is 33.2 Å². The largest absolute Gasteiger partial charge is 0.351 e. The van der Waals surface area contributed by atoms with Crippen molar-refractivity contribution in [2.75, 3.05) is 18.0 Å². The Morgan fingerprint density at radius 3 is 2.40 bits per heavy atom. The molecule has 2 heterocycles. The van der Waals surface area contributed by atoms with Gasteiger partial charge in [0, 0.05) is 19.1 Å². The highest BCUT2D eigenvalue weighted by Crippen LogP contribution is 2.26. The molecule has 0 aromatic carbocycles. The first-order valence-electron chi connectivity index (χ1n) is 5.42. The Kier molecular flexibility index (Phi) is 2.61. The molecule has 0 saturated carbocycles. The molecule has 0 radical (unpaired) electrons. The minimum Gasteiger partial charge on any atom is -0.351 e.